The fourth-order valence-electron chi connectivity index (χ4n) is 2.66. The van der Waals surface area contributed by atoms with Gasteiger partial charge in [0.1, 0.15) is 12.1 Å². The van der Waals surface area contributed by atoms with Crippen LogP contribution < -0.4 is 10.2 Å². The molecular weight excluding hydrogens is 459 g/mol. The number of halogens is 2. The Morgan fingerprint density at radius 1 is 1.22 bits per heavy atom. The van der Waals surface area contributed by atoms with Crippen LogP contribution in [0.15, 0.2) is 41.1 Å². The number of nitrogens with one attached hydrogen (secondary N) is 1. The van der Waals surface area contributed by atoms with Crippen LogP contribution >= 0.6 is 23.2 Å². The molecule has 0 aliphatic rings. The van der Waals surface area contributed by atoms with Crippen molar-refractivity contribution in [3.05, 3.63) is 36.5 Å². The highest BCUT2D eigenvalue weighted by Gasteiger charge is 2.24. The Labute approximate surface area is 196 Å². The Morgan fingerprint density at radius 3 is 2.53 bits per heavy atom. The van der Waals surface area contributed by atoms with Crippen molar-refractivity contribution in [2.45, 2.75) is 31.2 Å². The molecule has 9 nitrogen and oxygen atoms in total. The number of amides is 3. The SMILES string of the molecule is CN(CC(=O)NCCN(C(=O)C(Cl)Cl)c1cccc(-c2ccno2)c1)C(=O)OC(C)(C)C. The lowest BCUT2D eigenvalue weighted by atomic mass is 10.1. The Balaban J connectivity index is 2.00. The normalized spacial score (nSPS) is 11.2. The van der Waals surface area contributed by atoms with E-state index in [9.17, 15) is 14.4 Å². The van der Waals surface area contributed by atoms with Gasteiger partial charge in [0, 0.05) is 37.5 Å². The molecule has 0 fully saturated rings. The molecule has 0 bridgehead atoms. The van der Waals surface area contributed by atoms with Gasteiger partial charge in [0.2, 0.25) is 5.91 Å². The Hall–Kier alpha value is -2.78. The predicted octanol–water partition coefficient (Wildman–Crippen LogP) is 3.46. The topological polar surface area (TPSA) is 105 Å². The lowest BCUT2D eigenvalue weighted by Gasteiger charge is -2.25. The van der Waals surface area contributed by atoms with Crippen LogP contribution in [0.1, 0.15) is 20.8 Å². The van der Waals surface area contributed by atoms with Gasteiger partial charge in [-0.1, -0.05) is 40.5 Å². The molecule has 2 rings (SSSR count). The third-order valence-electron chi connectivity index (χ3n) is 4.08. The molecule has 1 heterocycles. The summed E-state index contributed by atoms with van der Waals surface area (Å²) in [4.78, 5) is 38.0. The Bertz CT molecular complexity index is 929. The zero-order valence-electron chi connectivity index (χ0n) is 18.3. The van der Waals surface area contributed by atoms with Crippen molar-refractivity contribution in [2.24, 2.45) is 0 Å². The van der Waals surface area contributed by atoms with E-state index in [1.807, 2.05) is 0 Å². The highest BCUT2D eigenvalue weighted by atomic mass is 35.5. The van der Waals surface area contributed by atoms with E-state index < -0.39 is 28.3 Å². The first kappa shape index (κ1) is 25.5. The third-order valence-corrected chi connectivity index (χ3v) is 4.45. The van der Waals surface area contributed by atoms with E-state index in [1.54, 1.807) is 51.1 Å². The second-order valence-corrected chi connectivity index (χ2v) is 9.00. The van der Waals surface area contributed by atoms with Gasteiger partial charge in [-0.05, 0) is 32.9 Å². The molecule has 0 aliphatic carbocycles. The fraction of sp³-hybridized carbons (Fsp3) is 0.429. The van der Waals surface area contributed by atoms with Crippen molar-refractivity contribution in [1.82, 2.24) is 15.4 Å². The highest BCUT2D eigenvalue weighted by Crippen LogP contribution is 2.25. The number of alkyl halides is 2. The van der Waals surface area contributed by atoms with Crippen LogP contribution in [0.25, 0.3) is 11.3 Å². The van der Waals surface area contributed by atoms with Crippen molar-refractivity contribution in [2.75, 3.05) is 31.6 Å². The minimum atomic E-state index is -1.28. The summed E-state index contributed by atoms with van der Waals surface area (Å²) in [5, 5.41) is 6.35. The fourth-order valence-corrected chi connectivity index (χ4v) is 2.89. The summed E-state index contributed by atoms with van der Waals surface area (Å²) < 4.78 is 10.4. The Morgan fingerprint density at radius 2 is 1.94 bits per heavy atom. The lowest BCUT2D eigenvalue weighted by Crippen LogP contribution is -2.44. The maximum Gasteiger partial charge on any atom is 0.410 e. The first-order valence-corrected chi connectivity index (χ1v) is 10.7. The summed E-state index contributed by atoms with van der Waals surface area (Å²) in [6, 6.07) is 8.69. The summed E-state index contributed by atoms with van der Waals surface area (Å²) in [5.41, 5.74) is 0.569. The molecule has 0 saturated carbocycles. The number of benzene rings is 1. The highest BCUT2D eigenvalue weighted by molar-refractivity contribution is 6.54. The number of likely N-dealkylation sites (N-methyl/N-ethyl adjacent to an activating group) is 1. The van der Waals surface area contributed by atoms with Gasteiger partial charge in [-0.15, -0.1) is 0 Å². The van der Waals surface area contributed by atoms with E-state index in [4.69, 9.17) is 32.5 Å². The van der Waals surface area contributed by atoms with Gasteiger partial charge in [0.15, 0.2) is 10.6 Å². The summed E-state index contributed by atoms with van der Waals surface area (Å²) >= 11 is 11.6. The first-order valence-electron chi connectivity index (χ1n) is 9.79. The predicted molar refractivity (Wildman–Crippen MR) is 122 cm³/mol. The molecule has 32 heavy (non-hydrogen) atoms. The molecule has 174 valence electrons. The monoisotopic (exact) mass is 484 g/mol. The van der Waals surface area contributed by atoms with E-state index in [1.165, 1.54) is 18.1 Å². The molecular formula is C21H26Cl2N4O5. The second-order valence-electron chi connectivity index (χ2n) is 7.90. The van der Waals surface area contributed by atoms with Crippen LogP contribution in [0.3, 0.4) is 0 Å². The van der Waals surface area contributed by atoms with Crippen LogP contribution in [-0.2, 0) is 14.3 Å². The molecule has 2 aromatic rings. The van der Waals surface area contributed by atoms with Gasteiger partial charge in [-0.3, -0.25) is 9.59 Å². The maximum atomic E-state index is 12.6. The van der Waals surface area contributed by atoms with Gasteiger partial charge in [0.25, 0.3) is 5.91 Å². The molecule has 0 spiro atoms. The second kappa shape index (κ2) is 11.2. The number of nitrogens with zero attached hydrogens (tertiary/aromatic N) is 3. The molecule has 0 unspecified atom stereocenters. The number of carbonyl (C=O) groups excluding carboxylic acids is 3. The number of aromatic nitrogens is 1. The molecule has 1 N–H and O–H groups in total. The van der Waals surface area contributed by atoms with Gasteiger partial charge in [-0.25, -0.2) is 4.79 Å². The smallest absolute Gasteiger partial charge is 0.410 e. The van der Waals surface area contributed by atoms with Crippen molar-refractivity contribution in [1.29, 1.82) is 0 Å². The van der Waals surface area contributed by atoms with Gasteiger partial charge >= 0.3 is 6.09 Å². The van der Waals surface area contributed by atoms with Crippen LogP contribution in [0.2, 0.25) is 0 Å². The van der Waals surface area contributed by atoms with Crippen LogP contribution in [-0.4, -0.2) is 65.1 Å². The number of anilines is 1. The number of carbonyl (C=O) groups is 3. The summed E-state index contributed by atoms with van der Waals surface area (Å²) in [6.45, 7) is 5.24. The molecule has 1 aromatic heterocycles. The molecule has 3 amide bonds. The van der Waals surface area contributed by atoms with Crippen LogP contribution in [0.5, 0.6) is 0 Å². The van der Waals surface area contributed by atoms with Crippen LogP contribution in [0.4, 0.5) is 10.5 Å². The van der Waals surface area contributed by atoms with E-state index in [0.29, 0.717) is 17.0 Å². The minimum absolute atomic E-state index is 0.108. The number of hydrogen-bond acceptors (Lipinski definition) is 6. The lowest BCUT2D eigenvalue weighted by molar-refractivity contribution is -0.122. The molecule has 0 atom stereocenters. The van der Waals surface area contributed by atoms with E-state index in [0.717, 1.165) is 4.90 Å². The molecule has 11 heteroatoms. The van der Waals surface area contributed by atoms with Crippen molar-refractivity contribution in [3.63, 3.8) is 0 Å². The standard InChI is InChI=1S/C21H26Cl2N4O5/c1-21(2,3)31-20(30)26(4)13-17(28)24-10-11-27(19(29)18(22)23)15-7-5-6-14(12-15)16-8-9-25-32-16/h5-9,12,18H,10-11,13H2,1-4H3,(H,24,28). The number of rotatable bonds is 8. The molecule has 1 aromatic carbocycles. The maximum absolute atomic E-state index is 12.6. The van der Waals surface area contributed by atoms with Crippen LogP contribution in [0, 0.1) is 0 Å². The molecule has 0 radical (unpaired) electrons. The zero-order chi connectivity index (χ0) is 23.9. The van der Waals surface area contributed by atoms with Crippen molar-refractivity contribution >= 4 is 46.8 Å². The minimum Gasteiger partial charge on any atom is -0.444 e. The number of hydrogen-bond donors (Lipinski definition) is 1. The summed E-state index contributed by atoms with van der Waals surface area (Å²) in [6.07, 6.45) is 0.906. The number of ether oxygens (including phenoxy) is 1. The third kappa shape index (κ3) is 7.72. The molecule has 0 aliphatic heterocycles. The van der Waals surface area contributed by atoms with E-state index in [-0.39, 0.29) is 19.6 Å². The zero-order valence-corrected chi connectivity index (χ0v) is 19.8. The van der Waals surface area contributed by atoms with Gasteiger partial charge < -0.3 is 24.4 Å². The van der Waals surface area contributed by atoms with Crippen molar-refractivity contribution in [3.8, 4) is 11.3 Å². The van der Waals surface area contributed by atoms with Crippen molar-refractivity contribution < 1.29 is 23.6 Å². The van der Waals surface area contributed by atoms with E-state index >= 15 is 0 Å². The van der Waals surface area contributed by atoms with E-state index in [2.05, 4.69) is 10.5 Å². The average Bonchev–Trinajstić information content (AvgIpc) is 3.24. The van der Waals surface area contributed by atoms with Gasteiger partial charge in [-0.2, -0.15) is 0 Å². The average molecular weight is 485 g/mol. The quantitative estimate of drug-likeness (QED) is 0.575. The first-order chi connectivity index (χ1) is 15.0. The largest absolute Gasteiger partial charge is 0.444 e. The summed E-state index contributed by atoms with van der Waals surface area (Å²) in [5.74, 6) is -0.413. The Kier molecular flexibility index (Phi) is 8.91. The summed E-state index contributed by atoms with van der Waals surface area (Å²) in [7, 11) is 1.46. The molecule has 0 saturated heterocycles. The van der Waals surface area contributed by atoms with Gasteiger partial charge in [0.05, 0.1) is 6.20 Å².